The SMILES string of the molecule is [2H]C([2H])([2H])C([2H])(c1c[n+](C)c(-c2ccccc2C)cc1C(C)(C)C)C([2H])([2H])[2H]. The molecule has 0 amide bonds. The summed E-state index contributed by atoms with van der Waals surface area (Å²) in [7, 11) is 1.75. The molecule has 0 bridgehead atoms. The molecule has 2 rings (SSSR count). The number of rotatable bonds is 2. The summed E-state index contributed by atoms with van der Waals surface area (Å²) in [5.74, 6) is -2.73. The Bertz CT molecular complexity index is 860. The van der Waals surface area contributed by atoms with Gasteiger partial charge in [0.1, 0.15) is 7.05 Å². The van der Waals surface area contributed by atoms with E-state index in [0.29, 0.717) is 5.56 Å². The standard InChI is InChI=1S/C20H28N/c1-14(2)17-13-21(7)19(12-18(17)20(4,5)6)16-11-9-8-10-15(16)3/h8-14H,1-7H3/q+1/i1D3,2D3,14D. The van der Waals surface area contributed by atoms with Crippen LogP contribution in [0.4, 0.5) is 0 Å². The number of pyridine rings is 1. The van der Waals surface area contributed by atoms with E-state index in [9.17, 15) is 0 Å². The van der Waals surface area contributed by atoms with E-state index in [1.54, 1.807) is 11.6 Å². The predicted octanol–water partition coefficient (Wildman–Crippen LogP) is 4.91. The maximum absolute atomic E-state index is 8.66. The summed E-state index contributed by atoms with van der Waals surface area (Å²) in [6, 6.07) is 9.65. The molecule has 0 aliphatic carbocycles. The van der Waals surface area contributed by atoms with Crippen molar-refractivity contribution in [3.63, 3.8) is 0 Å². The first kappa shape index (κ1) is 8.73. The van der Waals surface area contributed by atoms with Crippen molar-refractivity contribution in [2.45, 2.75) is 52.7 Å². The molecule has 0 saturated heterocycles. The second kappa shape index (κ2) is 5.63. The Labute approximate surface area is 139 Å². The van der Waals surface area contributed by atoms with Gasteiger partial charge in [-0.15, -0.1) is 0 Å². The van der Waals surface area contributed by atoms with Crippen LogP contribution in [0, 0.1) is 6.92 Å². The number of aryl methyl sites for hydroxylation is 2. The van der Waals surface area contributed by atoms with Gasteiger partial charge in [0.05, 0.1) is 0 Å². The van der Waals surface area contributed by atoms with Gasteiger partial charge in [-0.3, -0.25) is 0 Å². The van der Waals surface area contributed by atoms with E-state index in [2.05, 4.69) is 0 Å². The topological polar surface area (TPSA) is 3.88 Å². The van der Waals surface area contributed by atoms with Crippen molar-refractivity contribution in [1.29, 1.82) is 0 Å². The molecule has 1 nitrogen and oxygen atoms in total. The average molecular weight is 289 g/mol. The summed E-state index contributed by atoms with van der Waals surface area (Å²) < 4.78 is 57.7. The molecule has 0 aliphatic heterocycles. The van der Waals surface area contributed by atoms with Crippen LogP contribution in [0.3, 0.4) is 0 Å². The molecule has 1 aromatic carbocycles. The zero-order chi connectivity index (χ0) is 21.7. The lowest BCUT2D eigenvalue weighted by atomic mass is 9.80. The Kier molecular flexibility index (Phi) is 2.34. The molecule has 0 N–H and O–H groups in total. The van der Waals surface area contributed by atoms with Gasteiger partial charge in [-0.2, -0.15) is 0 Å². The number of nitrogens with zero attached hydrogens (tertiary/aromatic N) is 1. The van der Waals surface area contributed by atoms with Gasteiger partial charge >= 0.3 is 0 Å². The fourth-order valence-electron chi connectivity index (χ4n) is 2.60. The van der Waals surface area contributed by atoms with Gasteiger partial charge < -0.3 is 0 Å². The van der Waals surface area contributed by atoms with Crippen LogP contribution in [0.25, 0.3) is 11.3 Å². The highest BCUT2D eigenvalue weighted by Gasteiger charge is 2.25. The summed E-state index contributed by atoms with van der Waals surface area (Å²) >= 11 is 0. The van der Waals surface area contributed by atoms with Crippen molar-refractivity contribution in [2.24, 2.45) is 7.05 Å². The predicted molar refractivity (Wildman–Crippen MR) is 90.6 cm³/mol. The minimum absolute atomic E-state index is 0.0137. The van der Waals surface area contributed by atoms with E-state index in [1.807, 2.05) is 58.0 Å². The lowest BCUT2D eigenvalue weighted by molar-refractivity contribution is -0.661. The first-order valence-electron chi connectivity index (χ1n) is 10.6. The van der Waals surface area contributed by atoms with Gasteiger partial charge in [0.25, 0.3) is 0 Å². The lowest BCUT2D eigenvalue weighted by Crippen LogP contribution is -2.34. The molecule has 0 fully saturated rings. The molecular formula is C20H28N+. The molecule has 1 aromatic heterocycles. The molecule has 1 heterocycles. The number of hydrogen-bond donors (Lipinski definition) is 0. The number of aromatic nitrogens is 1. The molecule has 0 saturated carbocycles. The van der Waals surface area contributed by atoms with Crippen LogP contribution in [0.2, 0.25) is 0 Å². The van der Waals surface area contributed by atoms with E-state index in [1.165, 1.54) is 6.20 Å². The second-order valence-electron chi connectivity index (χ2n) is 6.54. The maximum atomic E-state index is 8.66. The fourth-order valence-corrected chi connectivity index (χ4v) is 2.60. The van der Waals surface area contributed by atoms with Crippen LogP contribution in [-0.4, -0.2) is 0 Å². The summed E-state index contributed by atoms with van der Waals surface area (Å²) in [4.78, 5) is 0. The normalized spacial score (nSPS) is 18.6. The third kappa shape index (κ3) is 3.18. The third-order valence-electron chi connectivity index (χ3n) is 3.77. The maximum Gasteiger partial charge on any atom is 0.212 e. The first-order chi connectivity index (χ1) is 12.5. The second-order valence-corrected chi connectivity index (χ2v) is 6.54. The molecule has 0 unspecified atom stereocenters. The van der Waals surface area contributed by atoms with Crippen LogP contribution in [0.1, 0.15) is 66.7 Å². The van der Waals surface area contributed by atoms with Crippen LogP contribution in [0.5, 0.6) is 0 Å². The minimum atomic E-state index is -3.02. The van der Waals surface area contributed by atoms with Gasteiger partial charge in [0.2, 0.25) is 5.69 Å². The summed E-state index contributed by atoms with van der Waals surface area (Å²) in [6.07, 6.45) is 1.51. The highest BCUT2D eigenvalue weighted by atomic mass is 14.9. The first-order valence-corrected chi connectivity index (χ1v) is 7.12. The number of benzene rings is 1. The van der Waals surface area contributed by atoms with Crippen LogP contribution in [0.15, 0.2) is 36.5 Å². The van der Waals surface area contributed by atoms with Gasteiger partial charge in [-0.1, -0.05) is 52.7 Å². The fraction of sp³-hybridized carbons (Fsp3) is 0.450. The quantitative estimate of drug-likeness (QED) is 0.692. The lowest BCUT2D eigenvalue weighted by Gasteiger charge is -2.24. The smallest absolute Gasteiger partial charge is 0.201 e. The van der Waals surface area contributed by atoms with Crippen molar-refractivity contribution in [3.05, 3.63) is 53.2 Å². The van der Waals surface area contributed by atoms with E-state index in [0.717, 1.165) is 16.8 Å². The molecule has 0 spiro atoms. The zero-order valence-corrected chi connectivity index (χ0v) is 13.4. The Morgan fingerprint density at radius 2 is 1.86 bits per heavy atom. The van der Waals surface area contributed by atoms with Crippen LogP contribution < -0.4 is 4.57 Å². The molecule has 0 radical (unpaired) electrons. The van der Waals surface area contributed by atoms with Crippen molar-refractivity contribution in [1.82, 2.24) is 0 Å². The number of hydrogen-bond acceptors (Lipinski definition) is 0. The zero-order valence-electron chi connectivity index (χ0n) is 20.4. The summed E-state index contributed by atoms with van der Waals surface area (Å²) in [5.41, 5.74) is 2.87. The molecule has 2 aromatic rings. The van der Waals surface area contributed by atoms with Gasteiger partial charge in [0, 0.05) is 26.8 Å². The van der Waals surface area contributed by atoms with E-state index in [4.69, 9.17) is 9.60 Å². The monoisotopic (exact) mass is 289 g/mol. The van der Waals surface area contributed by atoms with Gasteiger partial charge in [0.15, 0.2) is 6.20 Å². The highest BCUT2D eigenvalue weighted by Crippen LogP contribution is 2.32. The van der Waals surface area contributed by atoms with Gasteiger partial charge in [-0.05, 0) is 35.4 Å². The molecular weight excluding hydrogens is 254 g/mol. The average Bonchev–Trinajstić information content (AvgIpc) is 2.51. The van der Waals surface area contributed by atoms with Crippen molar-refractivity contribution < 1.29 is 14.2 Å². The van der Waals surface area contributed by atoms with Crippen molar-refractivity contribution in [3.8, 4) is 11.3 Å². The van der Waals surface area contributed by atoms with Crippen molar-refractivity contribution >= 4 is 0 Å². The molecule has 112 valence electrons. The minimum Gasteiger partial charge on any atom is -0.201 e. The summed E-state index contributed by atoms with van der Waals surface area (Å²) in [6.45, 7) is 1.64. The van der Waals surface area contributed by atoms with E-state index in [-0.39, 0.29) is 5.56 Å². The summed E-state index contributed by atoms with van der Waals surface area (Å²) in [5, 5.41) is 0. The van der Waals surface area contributed by atoms with E-state index < -0.39 is 25.0 Å². The van der Waals surface area contributed by atoms with Crippen LogP contribution >= 0.6 is 0 Å². The Balaban J connectivity index is 2.94. The Morgan fingerprint density at radius 3 is 2.43 bits per heavy atom. The van der Waals surface area contributed by atoms with E-state index >= 15 is 0 Å². The highest BCUT2D eigenvalue weighted by molar-refractivity contribution is 5.62. The van der Waals surface area contributed by atoms with Crippen LogP contribution in [-0.2, 0) is 12.5 Å². The third-order valence-corrected chi connectivity index (χ3v) is 3.77. The van der Waals surface area contributed by atoms with Crippen molar-refractivity contribution in [2.75, 3.05) is 0 Å². The van der Waals surface area contributed by atoms with Gasteiger partial charge in [-0.25, -0.2) is 4.57 Å². The molecule has 21 heavy (non-hydrogen) atoms. The molecule has 0 atom stereocenters. The molecule has 0 aliphatic rings. The Morgan fingerprint density at radius 1 is 1.19 bits per heavy atom. The Hall–Kier alpha value is -1.63. The largest absolute Gasteiger partial charge is 0.212 e. The molecule has 1 heteroatoms.